The monoisotopic (exact) mass is 282 g/mol. The lowest BCUT2D eigenvalue weighted by Crippen LogP contribution is -2.10. The van der Waals surface area contributed by atoms with Gasteiger partial charge in [0.1, 0.15) is 11.5 Å². The SMILES string of the molecule is NNc1nccnc1-c1ccc(F)c(Br)c1. The third-order valence-electron chi connectivity index (χ3n) is 2.03. The second kappa shape index (κ2) is 4.54. The van der Waals surface area contributed by atoms with Crippen molar-refractivity contribution in [3.8, 4) is 11.3 Å². The van der Waals surface area contributed by atoms with Gasteiger partial charge in [0, 0.05) is 18.0 Å². The number of nitrogens with zero attached hydrogens (tertiary/aromatic N) is 2. The van der Waals surface area contributed by atoms with Crippen LogP contribution < -0.4 is 11.3 Å². The molecule has 0 aliphatic rings. The number of nitrogen functional groups attached to an aromatic ring is 1. The van der Waals surface area contributed by atoms with Gasteiger partial charge in [-0.2, -0.15) is 0 Å². The summed E-state index contributed by atoms with van der Waals surface area (Å²) in [5.74, 6) is 5.44. The van der Waals surface area contributed by atoms with Gasteiger partial charge in [0.15, 0.2) is 5.82 Å². The Balaban J connectivity index is 2.54. The molecule has 0 aliphatic heterocycles. The van der Waals surface area contributed by atoms with Gasteiger partial charge in [-0.3, -0.25) is 4.98 Å². The molecule has 4 nitrogen and oxygen atoms in total. The molecular formula is C10H8BrFN4. The lowest BCUT2D eigenvalue weighted by atomic mass is 10.1. The number of nitrogens with two attached hydrogens (primary N) is 1. The molecule has 82 valence electrons. The number of aromatic nitrogens is 2. The first kappa shape index (κ1) is 11.0. The summed E-state index contributed by atoms with van der Waals surface area (Å²) >= 11 is 3.11. The van der Waals surface area contributed by atoms with Gasteiger partial charge in [-0.05, 0) is 34.1 Å². The molecule has 1 heterocycles. The molecule has 0 fully saturated rings. The Morgan fingerprint density at radius 3 is 2.69 bits per heavy atom. The van der Waals surface area contributed by atoms with Crippen LogP contribution >= 0.6 is 15.9 Å². The molecule has 0 unspecified atom stereocenters. The van der Waals surface area contributed by atoms with Crippen LogP contribution in [-0.2, 0) is 0 Å². The van der Waals surface area contributed by atoms with Crippen LogP contribution in [-0.4, -0.2) is 9.97 Å². The Bertz CT molecular complexity index is 518. The summed E-state index contributed by atoms with van der Waals surface area (Å²) in [6, 6.07) is 4.60. The molecule has 2 aromatic rings. The lowest BCUT2D eigenvalue weighted by molar-refractivity contribution is 0.621. The van der Waals surface area contributed by atoms with Gasteiger partial charge >= 0.3 is 0 Å². The summed E-state index contributed by atoms with van der Waals surface area (Å²) in [7, 11) is 0. The predicted octanol–water partition coefficient (Wildman–Crippen LogP) is 2.33. The molecule has 0 spiro atoms. The number of hydrogen-bond acceptors (Lipinski definition) is 4. The minimum absolute atomic E-state index is 0.324. The molecule has 3 N–H and O–H groups in total. The van der Waals surface area contributed by atoms with Gasteiger partial charge in [0.05, 0.1) is 4.47 Å². The topological polar surface area (TPSA) is 63.8 Å². The standard InChI is InChI=1S/C10H8BrFN4/c11-7-5-6(1-2-8(7)12)9-10(16-13)15-4-3-14-9/h1-5H,13H2,(H,15,16). The Hall–Kier alpha value is -1.53. The number of halogens is 2. The molecule has 0 aliphatic carbocycles. The predicted molar refractivity (Wildman–Crippen MR) is 62.9 cm³/mol. The van der Waals surface area contributed by atoms with Crippen LogP contribution in [0.4, 0.5) is 10.2 Å². The van der Waals surface area contributed by atoms with Crippen LogP contribution in [0.5, 0.6) is 0 Å². The number of benzene rings is 1. The van der Waals surface area contributed by atoms with Gasteiger partial charge in [-0.1, -0.05) is 0 Å². The van der Waals surface area contributed by atoms with Gasteiger partial charge < -0.3 is 5.43 Å². The highest BCUT2D eigenvalue weighted by molar-refractivity contribution is 9.10. The van der Waals surface area contributed by atoms with E-state index in [4.69, 9.17) is 5.84 Å². The maximum Gasteiger partial charge on any atom is 0.166 e. The third kappa shape index (κ3) is 2.02. The van der Waals surface area contributed by atoms with Crippen molar-refractivity contribution >= 4 is 21.7 Å². The van der Waals surface area contributed by atoms with E-state index in [1.54, 1.807) is 18.3 Å². The molecule has 0 atom stereocenters. The third-order valence-corrected chi connectivity index (χ3v) is 2.64. The highest BCUT2D eigenvalue weighted by Gasteiger charge is 2.08. The highest BCUT2D eigenvalue weighted by Crippen LogP contribution is 2.27. The summed E-state index contributed by atoms with van der Waals surface area (Å²) in [5, 5.41) is 0. The van der Waals surface area contributed by atoms with Crippen molar-refractivity contribution in [1.29, 1.82) is 0 Å². The first-order valence-corrected chi connectivity index (χ1v) is 5.24. The molecule has 16 heavy (non-hydrogen) atoms. The zero-order valence-electron chi connectivity index (χ0n) is 8.11. The molecule has 6 heteroatoms. The first-order chi connectivity index (χ1) is 7.72. The Morgan fingerprint density at radius 2 is 2.00 bits per heavy atom. The number of anilines is 1. The number of hydrazine groups is 1. The summed E-state index contributed by atoms with van der Waals surface area (Å²) in [4.78, 5) is 8.16. The summed E-state index contributed by atoms with van der Waals surface area (Å²) in [6.45, 7) is 0. The minimum atomic E-state index is -0.324. The fourth-order valence-corrected chi connectivity index (χ4v) is 1.68. The quantitative estimate of drug-likeness (QED) is 0.656. The first-order valence-electron chi connectivity index (χ1n) is 4.45. The Labute approximate surface area is 99.8 Å². The van der Waals surface area contributed by atoms with E-state index in [-0.39, 0.29) is 5.82 Å². The maximum atomic E-state index is 13.1. The molecule has 1 aromatic heterocycles. The van der Waals surface area contributed by atoms with Crippen molar-refractivity contribution < 1.29 is 4.39 Å². The van der Waals surface area contributed by atoms with Gasteiger partial charge in [0.25, 0.3) is 0 Å². The average molecular weight is 283 g/mol. The largest absolute Gasteiger partial charge is 0.307 e. The minimum Gasteiger partial charge on any atom is -0.307 e. The van der Waals surface area contributed by atoms with E-state index in [0.717, 1.165) is 5.56 Å². The molecule has 1 aromatic carbocycles. The van der Waals surface area contributed by atoms with Crippen molar-refractivity contribution in [2.75, 3.05) is 5.43 Å². The number of nitrogens with one attached hydrogen (secondary N) is 1. The zero-order valence-corrected chi connectivity index (χ0v) is 9.70. The van der Waals surface area contributed by atoms with Crippen LogP contribution in [0.2, 0.25) is 0 Å². The smallest absolute Gasteiger partial charge is 0.166 e. The normalized spacial score (nSPS) is 10.2. The van der Waals surface area contributed by atoms with Crippen molar-refractivity contribution in [2.24, 2.45) is 5.84 Å². The molecule has 2 rings (SSSR count). The van der Waals surface area contributed by atoms with Gasteiger partial charge in [-0.15, -0.1) is 0 Å². The van der Waals surface area contributed by atoms with Crippen molar-refractivity contribution in [1.82, 2.24) is 9.97 Å². The molecule has 0 radical (unpaired) electrons. The Kier molecular flexibility index (Phi) is 3.12. The van der Waals surface area contributed by atoms with Crippen LogP contribution in [0, 0.1) is 5.82 Å². The van der Waals surface area contributed by atoms with E-state index in [2.05, 4.69) is 31.3 Å². The fraction of sp³-hybridized carbons (Fsp3) is 0. The van der Waals surface area contributed by atoms with E-state index >= 15 is 0 Å². The van der Waals surface area contributed by atoms with E-state index in [9.17, 15) is 4.39 Å². The molecular weight excluding hydrogens is 275 g/mol. The van der Waals surface area contributed by atoms with Crippen molar-refractivity contribution in [3.05, 3.63) is 40.9 Å². The van der Waals surface area contributed by atoms with Crippen molar-refractivity contribution in [3.63, 3.8) is 0 Å². The van der Waals surface area contributed by atoms with Crippen LogP contribution in [0.1, 0.15) is 0 Å². The average Bonchev–Trinajstić information content (AvgIpc) is 2.32. The number of hydrogen-bond donors (Lipinski definition) is 2. The fourth-order valence-electron chi connectivity index (χ4n) is 1.30. The zero-order chi connectivity index (χ0) is 11.5. The molecule has 0 saturated carbocycles. The summed E-state index contributed by atoms with van der Waals surface area (Å²) in [6.07, 6.45) is 3.07. The van der Waals surface area contributed by atoms with Crippen molar-refractivity contribution in [2.45, 2.75) is 0 Å². The maximum absolute atomic E-state index is 13.1. The summed E-state index contributed by atoms with van der Waals surface area (Å²) in [5.41, 5.74) is 3.75. The Morgan fingerprint density at radius 1 is 1.25 bits per heavy atom. The second-order valence-electron chi connectivity index (χ2n) is 3.03. The van der Waals surface area contributed by atoms with Crippen LogP contribution in [0.15, 0.2) is 35.1 Å². The van der Waals surface area contributed by atoms with E-state index in [1.807, 2.05) is 0 Å². The molecule has 0 amide bonds. The second-order valence-corrected chi connectivity index (χ2v) is 3.88. The van der Waals surface area contributed by atoms with E-state index in [0.29, 0.717) is 16.0 Å². The van der Waals surface area contributed by atoms with Gasteiger partial charge in [0.2, 0.25) is 0 Å². The summed E-state index contributed by atoms with van der Waals surface area (Å²) < 4.78 is 13.4. The van der Waals surface area contributed by atoms with E-state index in [1.165, 1.54) is 12.3 Å². The highest BCUT2D eigenvalue weighted by atomic mass is 79.9. The van der Waals surface area contributed by atoms with Crippen LogP contribution in [0.25, 0.3) is 11.3 Å². The van der Waals surface area contributed by atoms with Gasteiger partial charge in [-0.25, -0.2) is 15.2 Å². The van der Waals surface area contributed by atoms with Crippen LogP contribution in [0.3, 0.4) is 0 Å². The lowest BCUT2D eigenvalue weighted by Gasteiger charge is -2.06. The van der Waals surface area contributed by atoms with E-state index < -0.39 is 0 Å². The molecule has 0 bridgehead atoms. The molecule has 0 saturated heterocycles. The number of rotatable bonds is 2.